The van der Waals surface area contributed by atoms with E-state index in [1.807, 2.05) is 41.1 Å². The van der Waals surface area contributed by atoms with Crippen LogP contribution in [0, 0.1) is 17.4 Å². The molecule has 6 heteroatoms. The van der Waals surface area contributed by atoms with Gasteiger partial charge in [0.15, 0.2) is 4.96 Å². The van der Waals surface area contributed by atoms with Gasteiger partial charge in [-0.3, -0.25) is 9.20 Å². The highest BCUT2D eigenvalue weighted by Crippen LogP contribution is 2.19. The van der Waals surface area contributed by atoms with Crippen molar-refractivity contribution in [3.8, 4) is 0 Å². The highest BCUT2D eigenvalue weighted by molar-refractivity contribution is 14.1. The Labute approximate surface area is 140 Å². The minimum absolute atomic E-state index is 0.0132. The summed E-state index contributed by atoms with van der Waals surface area (Å²) in [6, 6.07) is 5.93. The minimum Gasteiger partial charge on any atom is -0.326 e. The lowest BCUT2D eigenvalue weighted by Crippen LogP contribution is -2.15. The lowest BCUT2D eigenvalue weighted by Gasteiger charge is -2.06. The van der Waals surface area contributed by atoms with E-state index in [0.717, 1.165) is 25.6 Å². The number of nitrogens with one attached hydrogen (secondary N) is 1. The quantitative estimate of drug-likeness (QED) is 0.667. The van der Waals surface area contributed by atoms with E-state index in [9.17, 15) is 4.79 Å². The number of thiazole rings is 1. The summed E-state index contributed by atoms with van der Waals surface area (Å²) in [7, 11) is 0. The molecule has 4 nitrogen and oxygen atoms in total. The van der Waals surface area contributed by atoms with E-state index in [1.165, 1.54) is 5.56 Å². The van der Waals surface area contributed by atoms with Gasteiger partial charge in [-0.25, -0.2) is 4.98 Å². The Balaban J connectivity index is 1.75. The molecular formula is C15H14IN3OS. The van der Waals surface area contributed by atoms with Gasteiger partial charge in [-0.15, -0.1) is 11.3 Å². The Kier molecular flexibility index (Phi) is 3.99. The molecule has 0 fully saturated rings. The number of hydrogen-bond donors (Lipinski definition) is 1. The molecule has 2 aromatic heterocycles. The molecular weight excluding hydrogens is 397 g/mol. The molecule has 0 aliphatic carbocycles. The van der Waals surface area contributed by atoms with Crippen molar-refractivity contribution in [2.45, 2.75) is 20.3 Å². The zero-order chi connectivity index (χ0) is 15.0. The number of imidazole rings is 1. The SMILES string of the molecule is Cc1cn2c(CC(=O)Nc3ccc(C)c(I)c3)csc2n1. The summed E-state index contributed by atoms with van der Waals surface area (Å²) in [5, 5.41) is 4.93. The molecule has 0 spiro atoms. The van der Waals surface area contributed by atoms with Crippen molar-refractivity contribution < 1.29 is 4.79 Å². The van der Waals surface area contributed by atoms with Gasteiger partial charge >= 0.3 is 0 Å². The van der Waals surface area contributed by atoms with E-state index in [-0.39, 0.29) is 5.91 Å². The maximum absolute atomic E-state index is 12.2. The Morgan fingerprint density at radius 3 is 3.00 bits per heavy atom. The molecule has 108 valence electrons. The molecule has 0 aliphatic heterocycles. The maximum Gasteiger partial charge on any atom is 0.230 e. The van der Waals surface area contributed by atoms with Gasteiger partial charge in [-0.1, -0.05) is 6.07 Å². The number of anilines is 1. The molecule has 1 aromatic carbocycles. The number of aromatic nitrogens is 2. The van der Waals surface area contributed by atoms with Crippen molar-refractivity contribution in [2.24, 2.45) is 0 Å². The van der Waals surface area contributed by atoms with Gasteiger partial charge in [0, 0.05) is 26.5 Å². The van der Waals surface area contributed by atoms with E-state index >= 15 is 0 Å². The number of carbonyl (C=O) groups excluding carboxylic acids is 1. The summed E-state index contributed by atoms with van der Waals surface area (Å²) >= 11 is 3.83. The lowest BCUT2D eigenvalue weighted by atomic mass is 10.2. The van der Waals surface area contributed by atoms with Crippen LogP contribution in [0.25, 0.3) is 4.96 Å². The van der Waals surface area contributed by atoms with Crippen molar-refractivity contribution in [3.63, 3.8) is 0 Å². The van der Waals surface area contributed by atoms with Crippen molar-refractivity contribution in [2.75, 3.05) is 5.32 Å². The van der Waals surface area contributed by atoms with E-state index in [4.69, 9.17) is 0 Å². The third-order valence-corrected chi connectivity index (χ3v) is 5.25. The number of hydrogen-bond acceptors (Lipinski definition) is 3. The minimum atomic E-state index is -0.0132. The molecule has 0 bridgehead atoms. The Hall–Kier alpha value is -1.41. The molecule has 3 rings (SSSR count). The topological polar surface area (TPSA) is 46.4 Å². The Bertz CT molecular complexity index is 822. The van der Waals surface area contributed by atoms with Gasteiger partial charge in [0.05, 0.1) is 12.1 Å². The van der Waals surface area contributed by atoms with Crippen molar-refractivity contribution >= 4 is 50.5 Å². The van der Waals surface area contributed by atoms with Crippen LogP contribution in [-0.4, -0.2) is 15.3 Å². The van der Waals surface area contributed by atoms with E-state index in [1.54, 1.807) is 11.3 Å². The first kappa shape index (κ1) is 14.5. The first-order chi connectivity index (χ1) is 10.0. The van der Waals surface area contributed by atoms with Crippen LogP contribution < -0.4 is 5.32 Å². The average Bonchev–Trinajstić information content (AvgIpc) is 2.95. The van der Waals surface area contributed by atoms with E-state index < -0.39 is 0 Å². The third-order valence-electron chi connectivity index (χ3n) is 3.20. The molecule has 21 heavy (non-hydrogen) atoms. The molecule has 0 aliphatic rings. The number of halogens is 1. The summed E-state index contributed by atoms with van der Waals surface area (Å²) in [5.74, 6) is -0.0132. The average molecular weight is 411 g/mol. The van der Waals surface area contributed by atoms with Gasteiger partial charge < -0.3 is 5.32 Å². The highest BCUT2D eigenvalue weighted by Gasteiger charge is 2.11. The van der Waals surface area contributed by atoms with Gasteiger partial charge in [0.1, 0.15) is 0 Å². The maximum atomic E-state index is 12.2. The molecule has 2 heterocycles. The van der Waals surface area contributed by atoms with Gasteiger partial charge in [-0.05, 0) is 54.1 Å². The molecule has 1 amide bonds. The zero-order valence-corrected chi connectivity index (χ0v) is 14.7. The summed E-state index contributed by atoms with van der Waals surface area (Å²) in [6.45, 7) is 4.01. The number of amides is 1. The summed E-state index contributed by atoms with van der Waals surface area (Å²) in [4.78, 5) is 17.5. The second kappa shape index (κ2) is 5.76. The first-order valence-electron chi connectivity index (χ1n) is 6.51. The second-order valence-corrected chi connectivity index (χ2v) is 6.95. The number of nitrogens with zero attached hydrogens (tertiary/aromatic N) is 2. The highest BCUT2D eigenvalue weighted by atomic mass is 127. The predicted octanol–water partition coefficient (Wildman–Crippen LogP) is 3.80. The molecule has 0 saturated heterocycles. The lowest BCUT2D eigenvalue weighted by molar-refractivity contribution is -0.115. The van der Waals surface area contributed by atoms with Crippen LogP contribution >= 0.6 is 33.9 Å². The Morgan fingerprint density at radius 2 is 2.24 bits per heavy atom. The predicted molar refractivity (Wildman–Crippen MR) is 94.0 cm³/mol. The monoisotopic (exact) mass is 411 g/mol. The van der Waals surface area contributed by atoms with Crippen molar-refractivity contribution in [3.05, 3.63) is 50.3 Å². The number of benzene rings is 1. The largest absolute Gasteiger partial charge is 0.326 e. The molecule has 0 atom stereocenters. The van der Waals surface area contributed by atoms with Crippen LogP contribution in [0.15, 0.2) is 29.8 Å². The third kappa shape index (κ3) is 3.11. The van der Waals surface area contributed by atoms with Gasteiger partial charge in [0.2, 0.25) is 5.91 Å². The van der Waals surface area contributed by atoms with Crippen LogP contribution in [0.5, 0.6) is 0 Å². The van der Waals surface area contributed by atoms with Crippen LogP contribution in [0.4, 0.5) is 5.69 Å². The standard InChI is InChI=1S/C15H14IN3OS/c1-9-3-4-11(5-13(9)16)18-14(20)6-12-8-21-15-17-10(2)7-19(12)15/h3-5,7-8H,6H2,1-2H3,(H,18,20). The molecule has 1 N–H and O–H groups in total. The Morgan fingerprint density at radius 1 is 1.43 bits per heavy atom. The van der Waals surface area contributed by atoms with E-state index in [0.29, 0.717) is 6.42 Å². The molecule has 0 radical (unpaired) electrons. The number of aryl methyl sites for hydroxylation is 2. The van der Waals surface area contributed by atoms with Crippen molar-refractivity contribution in [1.82, 2.24) is 9.38 Å². The summed E-state index contributed by atoms with van der Waals surface area (Å²) in [6.07, 6.45) is 2.31. The van der Waals surface area contributed by atoms with Gasteiger partial charge in [0.25, 0.3) is 0 Å². The fraction of sp³-hybridized carbons (Fsp3) is 0.200. The number of fused-ring (bicyclic) bond motifs is 1. The normalized spacial score (nSPS) is 11.0. The molecule has 0 unspecified atom stereocenters. The fourth-order valence-corrected chi connectivity index (χ4v) is 3.54. The summed E-state index contributed by atoms with van der Waals surface area (Å²) < 4.78 is 3.13. The molecule has 0 saturated carbocycles. The van der Waals surface area contributed by atoms with Crippen molar-refractivity contribution in [1.29, 1.82) is 0 Å². The molecule has 3 aromatic rings. The number of carbonyl (C=O) groups is 1. The van der Waals surface area contributed by atoms with Crippen LogP contribution in [0.2, 0.25) is 0 Å². The van der Waals surface area contributed by atoms with Crippen LogP contribution in [0.3, 0.4) is 0 Å². The second-order valence-electron chi connectivity index (χ2n) is 4.95. The smallest absolute Gasteiger partial charge is 0.230 e. The summed E-state index contributed by atoms with van der Waals surface area (Å²) in [5.41, 5.74) is 3.98. The fourth-order valence-electron chi connectivity index (χ4n) is 2.11. The number of rotatable bonds is 3. The van der Waals surface area contributed by atoms with Crippen LogP contribution in [0.1, 0.15) is 17.0 Å². The zero-order valence-electron chi connectivity index (χ0n) is 11.7. The van der Waals surface area contributed by atoms with Gasteiger partial charge in [-0.2, -0.15) is 0 Å². The van der Waals surface area contributed by atoms with E-state index in [2.05, 4.69) is 39.8 Å². The first-order valence-corrected chi connectivity index (χ1v) is 8.47. The van der Waals surface area contributed by atoms with Crippen LogP contribution in [-0.2, 0) is 11.2 Å².